The Balaban J connectivity index is 1.58. The van der Waals surface area contributed by atoms with Crippen molar-refractivity contribution in [1.82, 2.24) is 9.80 Å². The number of carbonyl (C=O) groups excluding carboxylic acids is 3. The van der Waals surface area contributed by atoms with E-state index < -0.39 is 17.9 Å². The summed E-state index contributed by atoms with van der Waals surface area (Å²) in [6.45, 7) is 0.644. The van der Waals surface area contributed by atoms with Crippen molar-refractivity contribution in [3.05, 3.63) is 70.8 Å². The predicted molar refractivity (Wildman–Crippen MR) is 99.3 cm³/mol. The van der Waals surface area contributed by atoms with Crippen LogP contribution in [0.3, 0.4) is 0 Å². The highest BCUT2D eigenvalue weighted by atomic mass is 16.4. The molecule has 0 aromatic heterocycles. The van der Waals surface area contributed by atoms with Crippen molar-refractivity contribution in [2.75, 3.05) is 13.1 Å². The number of imide groups is 1. The van der Waals surface area contributed by atoms with Crippen molar-refractivity contribution in [2.24, 2.45) is 0 Å². The van der Waals surface area contributed by atoms with Gasteiger partial charge in [-0.2, -0.15) is 0 Å². The Morgan fingerprint density at radius 1 is 0.893 bits per heavy atom. The zero-order valence-corrected chi connectivity index (χ0v) is 15.0. The maximum Gasteiger partial charge on any atom is 0.336 e. The van der Waals surface area contributed by atoms with Crippen LogP contribution in [0.5, 0.6) is 0 Å². The molecule has 1 N–H and O–H groups in total. The van der Waals surface area contributed by atoms with Gasteiger partial charge >= 0.3 is 5.97 Å². The summed E-state index contributed by atoms with van der Waals surface area (Å²) in [7, 11) is 0. The summed E-state index contributed by atoms with van der Waals surface area (Å²) < 4.78 is 0. The fraction of sp³-hybridized carbons (Fsp3) is 0.238. The summed E-state index contributed by atoms with van der Waals surface area (Å²) in [5.41, 5.74) is 0.813. The second-order valence-corrected chi connectivity index (χ2v) is 6.92. The quantitative estimate of drug-likeness (QED) is 0.827. The van der Waals surface area contributed by atoms with Crippen LogP contribution in [0.15, 0.2) is 48.5 Å². The number of hydrogen-bond acceptors (Lipinski definition) is 4. The van der Waals surface area contributed by atoms with E-state index in [4.69, 9.17) is 0 Å². The van der Waals surface area contributed by atoms with Crippen molar-refractivity contribution < 1.29 is 24.3 Å². The van der Waals surface area contributed by atoms with E-state index in [2.05, 4.69) is 0 Å². The molecule has 7 heteroatoms. The van der Waals surface area contributed by atoms with E-state index in [1.54, 1.807) is 36.4 Å². The summed E-state index contributed by atoms with van der Waals surface area (Å²) in [6, 6.07) is 12.3. The Hall–Kier alpha value is -3.48. The van der Waals surface area contributed by atoms with Crippen LogP contribution in [0, 0.1) is 0 Å². The highest BCUT2D eigenvalue weighted by Crippen LogP contribution is 2.28. The molecule has 1 fully saturated rings. The summed E-state index contributed by atoms with van der Waals surface area (Å²) in [4.78, 5) is 52.6. The Morgan fingerprint density at radius 2 is 1.46 bits per heavy atom. The zero-order chi connectivity index (χ0) is 19.8. The number of nitrogens with zero attached hydrogens (tertiary/aromatic N) is 2. The minimum atomic E-state index is -1.17. The number of carbonyl (C=O) groups is 4. The van der Waals surface area contributed by atoms with E-state index in [-0.39, 0.29) is 29.5 Å². The van der Waals surface area contributed by atoms with Crippen LogP contribution >= 0.6 is 0 Å². The van der Waals surface area contributed by atoms with E-state index in [0.29, 0.717) is 30.5 Å². The number of carboxylic acid groups (broad SMARTS) is 1. The number of carboxylic acids is 1. The molecule has 142 valence electrons. The number of hydrogen-bond donors (Lipinski definition) is 1. The van der Waals surface area contributed by atoms with Crippen LogP contribution in [0.25, 0.3) is 0 Å². The summed E-state index contributed by atoms with van der Waals surface area (Å²) >= 11 is 0. The van der Waals surface area contributed by atoms with Crippen molar-refractivity contribution in [3.63, 3.8) is 0 Å². The van der Waals surface area contributed by atoms with Crippen LogP contribution in [-0.2, 0) is 0 Å². The van der Waals surface area contributed by atoms with Gasteiger partial charge in [0.1, 0.15) is 0 Å². The topological polar surface area (TPSA) is 95.0 Å². The van der Waals surface area contributed by atoms with Crippen molar-refractivity contribution in [2.45, 2.75) is 18.9 Å². The molecule has 2 heterocycles. The number of aromatic carboxylic acids is 1. The Labute approximate surface area is 161 Å². The first kappa shape index (κ1) is 17.9. The molecule has 1 atom stereocenters. The van der Waals surface area contributed by atoms with E-state index in [1.807, 2.05) is 0 Å². The normalized spacial score (nSPS) is 18.9. The lowest BCUT2D eigenvalue weighted by Gasteiger charge is -2.36. The summed E-state index contributed by atoms with van der Waals surface area (Å²) in [5, 5.41) is 9.34. The summed E-state index contributed by atoms with van der Waals surface area (Å²) in [5.74, 6) is -2.26. The average molecular weight is 378 g/mol. The molecule has 0 aliphatic carbocycles. The van der Waals surface area contributed by atoms with E-state index >= 15 is 0 Å². The second-order valence-electron chi connectivity index (χ2n) is 6.92. The Morgan fingerprint density at radius 3 is 2.07 bits per heavy atom. The van der Waals surface area contributed by atoms with Gasteiger partial charge in [0.15, 0.2) is 0 Å². The van der Waals surface area contributed by atoms with Crippen molar-refractivity contribution in [3.8, 4) is 0 Å². The Kier molecular flexibility index (Phi) is 4.43. The second kappa shape index (κ2) is 6.92. The van der Waals surface area contributed by atoms with Crippen LogP contribution in [0.1, 0.15) is 54.3 Å². The van der Waals surface area contributed by atoms with Gasteiger partial charge in [0, 0.05) is 13.1 Å². The first-order chi connectivity index (χ1) is 13.5. The van der Waals surface area contributed by atoms with Crippen LogP contribution in [0.4, 0.5) is 0 Å². The molecular weight excluding hydrogens is 360 g/mol. The molecule has 0 radical (unpaired) electrons. The molecule has 4 rings (SSSR count). The highest BCUT2D eigenvalue weighted by Gasteiger charge is 2.41. The third-order valence-corrected chi connectivity index (χ3v) is 5.26. The minimum Gasteiger partial charge on any atom is -0.478 e. The van der Waals surface area contributed by atoms with E-state index in [9.17, 15) is 24.3 Å². The minimum absolute atomic E-state index is 0.0599. The fourth-order valence-electron chi connectivity index (χ4n) is 3.92. The Bertz CT molecular complexity index is 965. The molecule has 2 aliphatic rings. The maximum atomic E-state index is 12.9. The molecular formula is C21H18N2O5. The molecule has 1 unspecified atom stereocenters. The van der Waals surface area contributed by atoms with E-state index in [0.717, 1.165) is 0 Å². The van der Waals surface area contributed by atoms with Crippen LogP contribution in [-0.4, -0.2) is 57.7 Å². The van der Waals surface area contributed by atoms with E-state index in [1.165, 1.54) is 21.9 Å². The lowest BCUT2D eigenvalue weighted by molar-refractivity contribution is 0.0432. The largest absolute Gasteiger partial charge is 0.478 e. The van der Waals surface area contributed by atoms with Gasteiger partial charge in [-0.25, -0.2) is 4.79 Å². The molecule has 2 aliphatic heterocycles. The molecule has 2 aromatic rings. The molecule has 3 amide bonds. The third-order valence-electron chi connectivity index (χ3n) is 5.26. The van der Waals surface area contributed by atoms with Gasteiger partial charge in [0.25, 0.3) is 17.7 Å². The number of likely N-dealkylation sites (tertiary alicyclic amines) is 1. The number of piperidine rings is 1. The van der Waals surface area contributed by atoms with Crippen molar-refractivity contribution >= 4 is 23.7 Å². The number of amides is 3. The standard InChI is InChI=1S/C21H18N2O5/c24-18(16-9-3-4-10-17(16)21(27)28)22-11-5-6-13(12-22)23-19(25)14-7-1-2-8-15(14)20(23)26/h1-4,7-10,13H,5-6,11-12H2,(H,27,28). The molecule has 28 heavy (non-hydrogen) atoms. The predicted octanol–water partition coefficient (Wildman–Crippen LogP) is 2.29. The van der Waals surface area contributed by atoms with Crippen LogP contribution in [0.2, 0.25) is 0 Å². The molecule has 2 aromatic carbocycles. The molecule has 7 nitrogen and oxygen atoms in total. The van der Waals surface area contributed by atoms with Crippen molar-refractivity contribution in [1.29, 1.82) is 0 Å². The zero-order valence-electron chi connectivity index (χ0n) is 15.0. The lowest BCUT2D eigenvalue weighted by atomic mass is 10.0. The monoisotopic (exact) mass is 378 g/mol. The molecule has 0 spiro atoms. The van der Waals surface area contributed by atoms with Gasteiger partial charge < -0.3 is 10.0 Å². The smallest absolute Gasteiger partial charge is 0.336 e. The number of benzene rings is 2. The van der Waals surface area contributed by atoms with Gasteiger partial charge in [-0.15, -0.1) is 0 Å². The average Bonchev–Trinajstić information content (AvgIpc) is 2.98. The molecule has 1 saturated heterocycles. The first-order valence-corrected chi connectivity index (χ1v) is 9.07. The fourth-order valence-corrected chi connectivity index (χ4v) is 3.92. The third kappa shape index (κ3) is 2.85. The van der Waals surface area contributed by atoms with Gasteiger partial charge in [0.2, 0.25) is 0 Å². The molecule has 0 saturated carbocycles. The lowest BCUT2D eigenvalue weighted by Crippen LogP contribution is -2.51. The van der Waals surface area contributed by atoms with Gasteiger partial charge in [-0.3, -0.25) is 19.3 Å². The summed E-state index contributed by atoms with van der Waals surface area (Å²) in [6.07, 6.45) is 1.23. The van der Waals surface area contributed by atoms with Gasteiger partial charge in [-0.05, 0) is 37.1 Å². The first-order valence-electron chi connectivity index (χ1n) is 9.07. The SMILES string of the molecule is O=C(O)c1ccccc1C(=O)N1CCCC(N2C(=O)c3ccccc3C2=O)C1. The number of rotatable bonds is 3. The molecule has 0 bridgehead atoms. The van der Waals surface area contributed by atoms with Crippen LogP contribution < -0.4 is 0 Å². The number of fused-ring (bicyclic) bond motifs is 1. The van der Waals surface area contributed by atoms with Gasteiger partial charge in [0.05, 0.1) is 28.3 Å². The van der Waals surface area contributed by atoms with Gasteiger partial charge in [-0.1, -0.05) is 24.3 Å². The highest BCUT2D eigenvalue weighted by molar-refractivity contribution is 6.21. The maximum absolute atomic E-state index is 12.9.